The van der Waals surface area contributed by atoms with Crippen molar-refractivity contribution in [2.24, 2.45) is 5.92 Å². The Morgan fingerprint density at radius 1 is 1.22 bits per heavy atom. The summed E-state index contributed by atoms with van der Waals surface area (Å²) < 4.78 is 19.2. The maximum absolute atomic E-state index is 13.9. The zero-order valence-electron chi connectivity index (χ0n) is 15.5. The first kappa shape index (κ1) is 18.9. The highest BCUT2D eigenvalue weighted by atomic mass is 19.1. The SMILES string of the molecule is COc1ccc(C)cc1NC(=O)[C@H]1CCCN(C(=O)c2ccccc2F)C1. The van der Waals surface area contributed by atoms with Crippen molar-refractivity contribution in [3.8, 4) is 5.75 Å². The van der Waals surface area contributed by atoms with E-state index in [0.29, 0.717) is 30.8 Å². The molecule has 2 aromatic rings. The summed E-state index contributed by atoms with van der Waals surface area (Å²) in [5.74, 6) is -0.842. The van der Waals surface area contributed by atoms with E-state index in [2.05, 4.69) is 5.32 Å². The normalized spacial score (nSPS) is 16.7. The molecule has 1 atom stereocenters. The number of likely N-dealkylation sites (tertiary alicyclic amines) is 1. The second-order valence-corrected chi connectivity index (χ2v) is 6.76. The van der Waals surface area contributed by atoms with Crippen molar-refractivity contribution in [2.75, 3.05) is 25.5 Å². The van der Waals surface area contributed by atoms with Gasteiger partial charge < -0.3 is 15.0 Å². The number of amides is 2. The second-order valence-electron chi connectivity index (χ2n) is 6.76. The fourth-order valence-corrected chi connectivity index (χ4v) is 3.33. The van der Waals surface area contributed by atoms with Crippen LogP contribution in [-0.2, 0) is 4.79 Å². The quantitative estimate of drug-likeness (QED) is 0.894. The van der Waals surface area contributed by atoms with E-state index in [9.17, 15) is 14.0 Å². The number of hydrogen-bond acceptors (Lipinski definition) is 3. The molecule has 0 saturated carbocycles. The number of carbonyl (C=O) groups is 2. The Bertz CT molecular complexity index is 853. The number of carbonyl (C=O) groups excluding carboxylic acids is 2. The summed E-state index contributed by atoms with van der Waals surface area (Å²) in [7, 11) is 1.55. The molecule has 2 aromatic carbocycles. The molecule has 27 heavy (non-hydrogen) atoms. The highest BCUT2D eigenvalue weighted by Gasteiger charge is 2.30. The predicted octanol–water partition coefficient (Wildman–Crippen LogP) is 3.63. The first-order chi connectivity index (χ1) is 13.0. The van der Waals surface area contributed by atoms with Crippen LogP contribution in [0.5, 0.6) is 5.75 Å². The summed E-state index contributed by atoms with van der Waals surface area (Å²) in [6.45, 7) is 2.72. The van der Waals surface area contributed by atoms with Gasteiger partial charge in [-0.3, -0.25) is 9.59 Å². The monoisotopic (exact) mass is 370 g/mol. The molecule has 1 aliphatic rings. The van der Waals surface area contributed by atoms with Gasteiger partial charge in [-0.15, -0.1) is 0 Å². The number of anilines is 1. The molecule has 1 fully saturated rings. The van der Waals surface area contributed by atoms with Gasteiger partial charge >= 0.3 is 0 Å². The molecule has 1 heterocycles. The number of ether oxygens (including phenoxy) is 1. The van der Waals surface area contributed by atoms with Gasteiger partial charge in [0.25, 0.3) is 5.91 Å². The average molecular weight is 370 g/mol. The zero-order chi connectivity index (χ0) is 19.4. The molecular formula is C21H23FN2O3. The summed E-state index contributed by atoms with van der Waals surface area (Å²) in [6, 6.07) is 11.5. The topological polar surface area (TPSA) is 58.6 Å². The summed E-state index contributed by atoms with van der Waals surface area (Å²) in [4.78, 5) is 26.9. The summed E-state index contributed by atoms with van der Waals surface area (Å²) in [5, 5.41) is 2.91. The molecule has 0 aliphatic carbocycles. The second kappa shape index (κ2) is 8.20. The number of nitrogens with one attached hydrogen (secondary N) is 1. The molecule has 0 aromatic heterocycles. The van der Waals surface area contributed by atoms with Gasteiger partial charge in [-0.1, -0.05) is 18.2 Å². The van der Waals surface area contributed by atoms with Crippen LogP contribution in [0, 0.1) is 18.7 Å². The zero-order valence-corrected chi connectivity index (χ0v) is 15.5. The van der Waals surface area contributed by atoms with Gasteiger partial charge in [0.05, 0.1) is 24.3 Å². The van der Waals surface area contributed by atoms with Gasteiger partial charge in [0.15, 0.2) is 0 Å². The van der Waals surface area contributed by atoms with Crippen LogP contribution in [0.1, 0.15) is 28.8 Å². The number of halogens is 1. The van der Waals surface area contributed by atoms with E-state index in [0.717, 1.165) is 5.56 Å². The lowest BCUT2D eigenvalue weighted by Crippen LogP contribution is -2.44. The molecule has 6 heteroatoms. The minimum absolute atomic E-state index is 0.0407. The van der Waals surface area contributed by atoms with Crippen molar-refractivity contribution >= 4 is 17.5 Å². The van der Waals surface area contributed by atoms with Crippen LogP contribution < -0.4 is 10.1 Å². The number of hydrogen-bond donors (Lipinski definition) is 1. The van der Waals surface area contributed by atoms with Gasteiger partial charge in [0.2, 0.25) is 5.91 Å². The predicted molar refractivity (Wildman–Crippen MR) is 101 cm³/mol. The molecule has 0 radical (unpaired) electrons. The van der Waals surface area contributed by atoms with E-state index in [4.69, 9.17) is 4.74 Å². The van der Waals surface area contributed by atoms with E-state index < -0.39 is 5.82 Å². The molecule has 1 saturated heterocycles. The Morgan fingerprint density at radius 3 is 2.74 bits per heavy atom. The van der Waals surface area contributed by atoms with Gasteiger partial charge in [-0.2, -0.15) is 0 Å². The maximum Gasteiger partial charge on any atom is 0.256 e. The largest absolute Gasteiger partial charge is 0.495 e. The van der Waals surface area contributed by atoms with Gasteiger partial charge in [0.1, 0.15) is 11.6 Å². The fraction of sp³-hybridized carbons (Fsp3) is 0.333. The maximum atomic E-state index is 13.9. The van der Waals surface area contributed by atoms with Crippen LogP contribution in [0.15, 0.2) is 42.5 Å². The number of nitrogens with zero attached hydrogens (tertiary/aromatic N) is 1. The number of methoxy groups -OCH3 is 1. The van der Waals surface area contributed by atoms with Crippen molar-refractivity contribution in [1.29, 1.82) is 0 Å². The van der Waals surface area contributed by atoms with E-state index in [-0.39, 0.29) is 29.8 Å². The lowest BCUT2D eigenvalue weighted by Gasteiger charge is -2.32. The van der Waals surface area contributed by atoms with Crippen LogP contribution in [0.2, 0.25) is 0 Å². The number of benzene rings is 2. The number of piperidine rings is 1. The summed E-state index contributed by atoms with van der Waals surface area (Å²) in [6.07, 6.45) is 1.38. The number of aryl methyl sites for hydroxylation is 1. The van der Waals surface area contributed by atoms with Crippen LogP contribution >= 0.6 is 0 Å². The Hall–Kier alpha value is -2.89. The Kier molecular flexibility index (Phi) is 5.74. The van der Waals surface area contributed by atoms with Crippen LogP contribution in [0.4, 0.5) is 10.1 Å². The smallest absolute Gasteiger partial charge is 0.256 e. The van der Waals surface area contributed by atoms with Crippen LogP contribution in [0.3, 0.4) is 0 Å². The van der Waals surface area contributed by atoms with Crippen molar-refractivity contribution in [1.82, 2.24) is 4.90 Å². The van der Waals surface area contributed by atoms with Crippen LogP contribution in [-0.4, -0.2) is 36.9 Å². The van der Waals surface area contributed by atoms with E-state index >= 15 is 0 Å². The van der Waals surface area contributed by atoms with Crippen molar-refractivity contribution in [2.45, 2.75) is 19.8 Å². The lowest BCUT2D eigenvalue weighted by molar-refractivity contribution is -0.121. The molecule has 1 N–H and O–H groups in total. The molecule has 0 unspecified atom stereocenters. The van der Waals surface area contributed by atoms with Crippen LogP contribution in [0.25, 0.3) is 0 Å². The minimum Gasteiger partial charge on any atom is -0.495 e. The highest BCUT2D eigenvalue weighted by Crippen LogP contribution is 2.27. The van der Waals surface area contributed by atoms with Crippen molar-refractivity contribution in [3.63, 3.8) is 0 Å². The first-order valence-electron chi connectivity index (χ1n) is 8.99. The Morgan fingerprint density at radius 2 is 2.00 bits per heavy atom. The van der Waals surface area contributed by atoms with Crippen molar-refractivity contribution < 1.29 is 18.7 Å². The van der Waals surface area contributed by atoms with E-state index in [1.807, 2.05) is 19.1 Å². The molecule has 3 rings (SSSR count). The first-order valence-corrected chi connectivity index (χ1v) is 8.99. The summed E-state index contributed by atoms with van der Waals surface area (Å²) >= 11 is 0. The molecular weight excluding hydrogens is 347 g/mol. The number of rotatable bonds is 4. The third-order valence-corrected chi connectivity index (χ3v) is 4.80. The Balaban J connectivity index is 1.71. The van der Waals surface area contributed by atoms with E-state index in [1.165, 1.54) is 12.1 Å². The third-order valence-electron chi connectivity index (χ3n) is 4.80. The highest BCUT2D eigenvalue weighted by molar-refractivity contribution is 5.97. The van der Waals surface area contributed by atoms with Gasteiger partial charge in [-0.05, 0) is 49.6 Å². The standard InChI is InChI=1S/C21H23FN2O3/c1-14-9-10-19(27-2)18(12-14)23-20(25)15-6-5-11-24(13-15)21(26)16-7-3-4-8-17(16)22/h3-4,7-10,12,15H,5-6,11,13H2,1-2H3,(H,23,25)/t15-/m0/s1. The minimum atomic E-state index is -0.543. The molecule has 5 nitrogen and oxygen atoms in total. The molecule has 1 aliphatic heterocycles. The molecule has 142 valence electrons. The molecule has 0 bridgehead atoms. The third kappa shape index (κ3) is 4.27. The molecule has 2 amide bonds. The van der Waals surface area contributed by atoms with E-state index in [1.54, 1.807) is 30.2 Å². The summed E-state index contributed by atoms with van der Waals surface area (Å²) in [5.41, 5.74) is 1.66. The lowest BCUT2D eigenvalue weighted by atomic mass is 9.96. The Labute approximate surface area is 158 Å². The fourth-order valence-electron chi connectivity index (χ4n) is 3.33. The van der Waals surface area contributed by atoms with Gasteiger partial charge in [-0.25, -0.2) is 4.39 Å². The average Bonchev–Trinajstić information content (AvgIpc) is 2.68. The van der Waals surface area contributed by atoms with Gasteiger partial charge in [0, 0.05) is 13.1 Å². The van der Waals surface area contributed by atoms with Crippen molar-refractivity contribution in [3.05, 3.63) is 59.4 Å². The molecule has 0 spiro atoms.